The first-order chi connectivity index (χ1) is 9.72. The second-order valence-electron chi connectivity index (χ2n) is 5.18. The van der Waals surface area contributed by atoms with Crippen LogP contribution in [0.5, 0.6) is 5.75 Å². The molecule has 1 aliphatic carbocycles. The zero-order chi connectivity index (χ0) is 13.9. The Bertz CT molecular complexity index is 592. The lowest BCUT2D eigenvalue weighted by Crippen LogP contribution is -2.09. The monoisotopic (exact) mass is 288 g/mol. The molecule has 0 spiro atoms. The van der Waals surface area contributed by atoms with Gasteiger partial charge in [0, 0.05) is 5.02 Å². The van der Waals surface area contributed by atoms with Crippen molar-refractivity contribution in [3.63, 3.8) is 0 Å². The van der Waals surface area contributed by atoms with Gasteiger partial charge in [0.1, 0.15) is 12.4 Å². The molecule has 2 aromatic carbocycles. The minimum absolute atomic E-state index is 0.349. The van der Waals surface area contributed by atoms with Crippen LogP contribution >= 0.6 is 11.6 Å². The fourth-order valence-corrected chi connectivity index (χ4v) is 2.72. The Morgan fingerprint density at radius 1 is 1.15 bits per heavy atom. The predicted molar refractivity (Wildman–Crippen MR) is 80.1 cm³/mol. The Labute approximate surface area is 124 Å². The van der Waals surface area contributed by atoms with E-state index >= 15 is 0 Å². The molecule has 0 amide bonds. The number of ether oxygens (including phenoxy) is 1. The van der Waals surface area contributed by atoms with E-state index < -0.39 is 0 Å². The Morgan fingerprint density at radius 2 is 1.95 bits per heavy atom. The fraction of sp³-hybridized carbons (Fsp3) is 0.294. The van der Waals surface area contributed by atoms with Crippen molar-refractivity contribution in [1.82, 2.24) is 0 Å². The molecule has 2 nitrogen and oxygen atoms in total. The molecule has 0 aliphatic heterocycles. The highest BCUT2D eigenvalue weighted by Crippen LogP contribution is 2.32. The third-order valence-electron chi connectivity index (χ3n) is 3.72. The van der Waals surface area contributed by atoms with Gasteiger partial charge in [0.2, 0.25) is 0 Å². The molecular formula is C17H17ClO2. The van der Waals surface area contributed by atoms with Crippen LogP contribution in [0.15, 0.2) is 42.5 Å². The van der Waals surface area contributed by atoms with Crippen molar-refractivity contribution in [2.45, 2.75) is 32.0 Å². The van der Waals surface area contributed by atoms with Gasteiger partial charge in [-0.05, 0) is 60.2 Å². The molecule has 20 heavy (non-hydrogen) atoms. The standard InChI is InChI=1S/C17H17ClO2/c18-14-7-4-12(5-8-14)11-20-15-9-6-13-2-1-3-17(19)16(13)10-15/h4-10,17,19H,1-3,11H2/t17-/m0/s1. The van der Waals surface area contributed by atoms with Gasteiger partial charge in [-0.1, -0.05) is 29.8 Å². The van der Waals surface area contributed by atoms with Crippen molar-refractivity contribution < 1.29 is 9.84 Å². The molecule has 0 aromatic heterocycles. The van der Waals surface area contributed by atoms with E-state index in [1.54, 1.807) is 0 Å². The molecule has 0 fully saturated rings. The lowest BCUT2D eigenvalue weighted by Gasteiger charge is -2.22. The summed E-state index contributed by atoms with van der Waals surface area (Å²) in [4.78, 5) is 0. The number of rotatable bonds is 3. The largest absolute Gasteiger partial charge is 0.489 e. The van der Waals surface area contributed by atoms with Crippen LogP contribution in [0.2, 0.25) is 5.02 Å². The lowest BCUT2D eigenvalue weighted by atomic mass is 9.89. The summed E-state index contributed by atoms with van der Waals surface area (Å²) in [5.74, 6) is 0.805. The summed E-state index contributed by atoms with van der Waals surface area (Å²) < 4.78 is 5.79. The van der Waals surface area contributed by atoms with Crippen molar-refractivity contribution in [3.05, 3.63) is 64.2 Å². The van der Waals surface area contributed by atoms with Crippen LogP contribution in [0.1, 0.15) is 35.6 Å². The molecular weight excluding hydrogens is 272 g/mol. The number of hydrogen-bond donors (Lipinski definition) is 1. The summed E-state index contributed by atoms with van der Waals surface area (Å²) >= 11 is 5.86. The van der Waals surface area contributed by atoms with E-state index in [0.29, 0.717) is 6.61 Å². The van der Waals surface area contributed by atoms with Gasteiger partial charge in [-0.2, -0.15) is 0 Å². The van der Waals surface area contributed by atoms with Gasteiger partial charge in [0.05, 0.1) is 6.10 Å². The topological polar surface area (TPSA) is 29.5 Å². The smallest absolute Gasteiger partial charge is 0.120 e. The van der Waals surface area contributed by atoms with Gasteiger partial charge < -0.3 is 9.84 Å². The van der Waals surface area contributed by atoms with E-state index in [1.807, 2.05) is 36.4 Å². The van der Waals surface area contributed by atoms with E-state index in [0.717, 1.165) is 41.2 Å². The normalized spacial score (nSPS) is 17.6. The summed E-state index contributed by atoms with van der Waals surface area (Å²) in [6.45, 7) is 0.506. The van der Waals surface area contributed by atoms with Gasteiger partial charge in [0.15, 0.2) is 0 Å². The summed E-state index contributed by atoms with van der Waals surface area (Å²) in [5, 5.41) is 10.8. The van der Waals surface area contributed by atoms with Crippen molar-refractivity contribution in [3.8, 4) is 5.75 Å². The zero-order valence-corrected chi connectivity index (χ0v) is 11.9. The molecule has 0 radical (unpaired) electrons. The highest BCUT2D eigenvalue weighted by molar-refractivity contribution is 6.30. The van der Waals surface area contributed by atoms with Crippen LogP contribution in [0.25, 0.3) is 0 Å². The minimum atomic E-state index is -0.349. The van der Waals surface area contributed by atoms with Gasteiger partial charge in [0.25, 0.3) is 0 Å². The van der Waals surface area contributed by atoms with Crippen molar-refractivity contribution in [2.24, 2.45) is 0 Å². The molecule has 2 aromatic rings. The van der Waals surface area contributed by atoms with E-state index in [4.69, 9.17) is 16.3 Å². The maximum absolute atomic E-state index is 10.0. The third kappa shape index (κ3) is 2.97. The Morgan fingerprint density at radius 3 is 2.75 bits per heavy atom. The SMILES string of the molecule is O[C@H]1CCCc2ccc(OCc3ccc(Cl)cc3)cc21. The number of halogens is 1. The molecule has 3 heteroatoms. The fourth-order valence-electron chi connectivity index (χ4n) is 2.59. The van der Waals surface area contributed by atoms with E-state index in [1.165, 1.54) is 5.56 Å². The first-order valence-corrected chi connectivity index (χ1v) is 7.28. The Balaban J connectivity index is 1.72. The highest BCUT2D eigenvalue weighted by atomic mass is 35.5. The van der Waals surface area contributed by atoms with Crippen molar-refractivity contribution in [1.29, 1.82) is 0 Å². The van der Waals surface area contributed by atoms with Crippen molar-refractivity contribution >= 4 is 11.6 Å². The van der Waals surface area contributed by atoms with Crippen LogP contribution in [0, 0.1) is 0 Å². The van der Waals surface area contributed by atoms with Crippen LogP contribution in [0.3, 0.4) is 0 Å². The van der Waals surface area contributed by atoms with E-state index in [2.05, 4.69) is 6.07 Å². The van der Waals surface area contributed by atoms with Gasteiger partial charge in [-0.25, -0.2) is 0 Å². The van der Waals surface area contributed by atoms with Gasteiger partial charge in [-0.15, -0.1) is 0 Å². The Hall–Kier alpha value is -1.51. The number of aliphatic hydroxyl groups is 1. The molecule has 0 heterocycles. The molecule has 104 valence electrons. The second kappa shape index (κ2) is 5.86. The minimum Gasteiger partial charge on any atom is -0.489 e. The molecule has 1 aliphatic rings. The molecule has 0 saturated carbocycles. The highest BCUT2D eigenvalue weighted by Gasteiger charge is 2.18. The first-order valence-electron chi connectivity index (χ1n) is 6.90. The van der Waals surface area contributed by atoms with Crippen LogP contribution < -0.4 is 4.74 Å². The van der Waals surface area contributed by atoms with Crippen LogP contribution in [-0.4, -0.2) is 5.11 Å². The molecule has 0 bridgehead atoms. The number of hydrogen-bond acceptors (Lipinski definition) is 2. The average Bonchev–Trinajstić information content (AvgIpc) is 2.47. The van der Waals surface area contributed by atoms with Gasteiger partial charge in [-0.3, -0.25) is 0 Å². The maximum Gasteiger partial charge on any atom is 0.120 e. The molecule has 1 N–H and O–H groups in total. The van der Waals surface area contributed by atoms with Crippen LogP contribution in [-0.2, 0) is 13.0 Å². The number of aryl methyl sites for hydroxylation is 1. The van der Waals surface area contributed by atoms with Gasteiger partial charge >= 0.3 is 0 Å². The van der Waals surface area contributed by atoms with Crippen LogP contribution in [0.4, 0.5) is 0 Å². The second-order valence-corrected chi connectivity index (χ2v) is 5.62. The molecule has 0 saturated heterocycles. The maximum atomic E-state index is 10.0. The van der Waals surface area contributed by atoms with E-state index in [9.17, 15) is 5.11 Å². The first kappa shape index (κ1) is 13.5. The lowest BCUT2D eigenvalue weighted by molar-refractivity contribution is 0.156. The third-order valence-corrected chi connectivity index (χ3v) is 3.97. The number of aliphatic hydroxyl groups excluding tert-OH is 1. The summed E-state index contributed by atoms with van der Waals surface area (Å²) in [6, 6.07) is 13.6. The zero-order valence-electron chi connectivity index (χ0n) is 11.2. The summed E-state index contributed by atoms with van der Waals surface area (Å²) in [6.07, 6.45) is 2.59. The quantitative estimate of drug-likeness (QED) is 0.913. The average molecular weight is 289 g/mol. The molecule has 1 atom stereocenters. The number of benzene rings is 2. The number of fused-ring (bicyclic) bond motifs is 1. The summed E-state index contributed by atoms with van der Waals surface area (Å²) in [5.41, 5.74) is 3.33. The van der Waals surface area contributed by atoms with Crippen molar-refractivity contribution in [2.75, 3.05) is 0 Å². The Kier molecular flexibility index (Phi) is 3.95. The molecule has 3 rings (SSSR count). The van der Waals surface area contributed by atoms with E-state index in [-0.39, 0.29) is 6.10 Å². The molecule has 0 unspecified atom stereocenters. The predicted octanol–water partition coefficient (Wildman–Crippen LogP) is 4.29. The summed E-state index contributed by atoms with van der Waals surface area (Å²) in [7, 11) is 0.